The lowest BCUT2D eigenvalue weighted by atomic mass is 10.1. The van der Waals surface area contributed by atoms with E-state index < -0.39 is 27.4 Å². The number of nitro groups is 2. The van der Waals surface area contributed by atoms with Gasteiger partial charge in [-0.1, -0.05) is 0 Å². The van der Waals surface area contributed by atoms with E-state index >= 15 is 0 Å². The Hall–Kier alpha value is -3.08. The highest BCUT2D eigenvalue weighted by molar-refractivity contribution is 5.50. The first-order valence-electron chi connectivity index (χ1n) is 5.21. The molecule has 0 fully saturated rings. The van der Waals surface area contributed by atoms with Crippen molar-refractivity contribution in [2.75, 3.05) is 5.43 Å². The number of hydrogen-bond acceptors (Lipinski definition) is 8. The van der Waals surface area contributed by atoms with Crippen molar-refractivity contribution in [3.63, 3.8) is 0 Å². The van der Waals surface area contributed by atoms with E-state index in [1.807, 2.05) is 0 Å². The topological polar surface area (TPSA) is 149 Å². The van der Waals surface area contributed by atoms with E-state index in [0.29, 0.717) is 0 Å². The fourth-order valence-electron chi connectivity index (χ4n) is 1.51. The first kappa shape index (κ1) is 13.4. The maximum absolute atomic E-state index is 10.9. The summed E-state index contributed by atoms with van der Waals surface area (Å²) in [6.45, 7) is 0. The molecule has 20 heavy (non-hydrogen) atoms. The van der Waals surface area contributed by atoms with E-state index in [9.17, 15) is 25.3 Å². The van der Waals surface area contributed by atoms with Gasteiger partial charge in [-0.15, -0.1) is 10.2 Å². The molecule has 0 bridgehead atoms. The Morgan fingerprint density at radius 3 is 2.40 bits per heavy atom. The average Bonchev–Trinajstić information content (AvgIpc) is 2.90. The summed E-state index contributed by atoms with van der Waals surface area (Å²) in [5.41, 5.74) is 1.34. The molecule has 2 aromatic rings. The summed E-state index contributed by atoms with van der Waals surface area (Å²) in [5.74, 6) is 0. The van der Waals surface area contributed by atoms with Gasteiger partial charge in [0.1, 0.15) is 12.7 Å². The second-order valence-electron chi connectivity index (χ2n) is 3.66. The molecule has 2 rings (SSSR count). The molecule has 0 aliphatic carbocycles. The van der Waals surface area contributed by atoms with Gasteiger partial charge in [0.2, 0.25) is 0 Å². The van der Waals surface area contributed by atoms with Gasteiger partial charge in [0.05, 0.1) is 21.5 Å². The van der Waals surface area contributed by atoms with E-state index in [4.69, 9.17) is 0 Å². The number of nitro benzene ring substituents is 2. The van der Waals surface area contributed by atoms with Crippen molar-refractivity contribution in [2.24, 2.45) is 0 Å². The highest BCUT2D eigenvalue weighted by Crippen LogP contribution is 2.28. The molecule has 0 spiro atoms. The standard InChI is InChI=1S/C9H8N6O5/c16-9(12-13-4-10-11-5-13)7-2-1-6(14(17)18)3-8(7)15(19)20/h1-5,9,12,16H. The van der Waals surface area contributed by atoms with Gasteiger partial charge in [0.25, 0.3) is 11.4 Å². The number of aromatic nitrogens is 3. The third-order valence-electron chi connectivity index (χ3n) is 2.41. The van der Waals surface area contributed by atoms with Gasteiger partial charge in [-0.2, -0.15) is 0 Å². The van der Waals surface area contributed by atoms with Crippen LogP contribution in [0.1, 0.15) is 11.8 Å². The van der Waals surface area contributed by atoms with Crippen LogP contribution >= 0.6 is 0 Å². The van der Waals surface area contributed by atoms with Crippen molar-refractivity contribution in [3.8, 4) is 0 Å². The van der Waals surface area contributed by atoms with Crippen molar-refractivity contribution in [2.45, 2.75) is 6.23 Å². The molecular weight excluding hydrogens is 272 g/mol. The smallest absolute Gasteiger partial charge is 0.284 e. The summed E-state index contributed by atoms with van der Waals surface area (Å²) in [4.78, 5) is 20.0. The van der Waals surface area contributed by atoms with Gasteiger partial charge in [0, 0.05) is 6.07 Å². The molecule has 0 aliphatic heterocycles. The first-order valence-corrected chi connectivity index (χ1v) is 5.21. The van der Waals surface area contributed by atoms with Crippen LogP contribution in [0.25, 0.3) is 0 Å². The van der Waals surface area contributed by atoms with E-state index in [2.05, 4.69) is 15.6 Å². The van der Waals surface area contributed by atoms with Crippen LogP contribution in [0.5, 0.6) is 0 Å². The molecule has 1 aromatic heterocycles. The third kappa shape index (κ3) is 2.67. The third-order valence-corrected chi connectivity index (χ3v) is 2.41. The summed E-state index contributed by atoms with van der Waals surface area (Å²) >= 11 is 0. The summed E-state index contributed by atoms with van der Waals surface area (Å²) in [5, 5.41) is 38.4. The molecule has 11 nitrogen and oxygen atoms in total. The molecule has 2 N–H and O–H groups in total. The molecule has 1 atom stereocenters. The van der Waals surface area contributed by atoms with E-state index in [1.165, 1.54) is 17.3 Å². The Bertz CT molecular complexity index is 642. The minimum Gasteiger partial charge on any atom is -0.368 e. The van der Waals surface area contributed by atoms with Crippen LogP contribution in [0.15, 0.2) is 30.9 Å². The maximum Gasteiger partial charge on any atom is 0.284 e. The Kier molecular flexibility index (Phi) is 3.52. The van der Waals surface area contributed by atoms with Crippen LogP contribution in [0.3, 0.4) is 0 Å². The lowest BCUT2D eigenvalue weighted by molar-refractivity contribution is -0.394. The molecular formula is C9H8N6O5. The zero-order chi connectivity index (χ0) is 14.7. The SMILES string of the molecule is O=[N+]([O-])c1ccc(C(O)Nn2cnnc2)c([N+](=O)[O-])c1. The largest absolute Gasteiger partial charge is 0.368 e. The first-order chi connectivity index (χ1) is 9.49. The lowest BCUT2D eigenvalue weighted by Gasteiger charge is -2.14. The van der Waals surface area contributed by atoms with Gasteiger partial charge in [0.15, 0.2) is 6.23 Å². The number of rotatable bonds is 5. The minimum absolute atomic E-state index is 0.116. The Balaban J connectivity index is 2.35. The molecule has 0 amide bonds. The maximum atomic E-state index is 10.9. The Morgan fingerprint density at radius 1 is 1.20 bits per heavy atom. The van der Waals surface area contributed by atoms with Gasteiger partial charge in [-0.3, -0.25) is 25.7 Å². The van der Waals surface area contributed by atoms with Crippen molar-refractivity contribution >= 4 is 11.4 Å². The Labute approximate surface area is 110 Å². The monoisotopic (exact) mass is 280 g/mol. The van der Waals surface area contributed by atoms with Crippen molar-refractivity contribution in [3.05, 3.63) is 56.6 Å². The Morgan fingerprint density at radius 2 is 1.85 bits per heavy atom. The molecule has 0 saturated heterocycles. The predicted molar refractivity (Wildman–Crippen MR) is 64.1 cm³/mol. The van der Waals surface area contributed by atoms with Crippen LogP contribution in [0, 0.1) is 20.2 Å². The quantitative estimate of drug-likeness (QED) is 0.452. The van der Waals surface area contributed by atoms with Crippen molar-refractivity contribution in [1.29, 1.82) is 0 Å². The van der Waals surface area contributed by atoms with Crippen LogP contribution in [0.2, 0.25) is 0 Å². The van der Waals surface area contributed by atoms with Crippen molar-refractivity contribution < 1.29 is 15.0 Å². The zero-order valence-electron chi connectivity index (χ0n) is 9.78. The second kappa shape index (κ2) is 5.27. The molecule has 0 saturated carbocycles. The van der Waals surface area contributed by atoms with E-state index in [-0.39, 0.29) is 5.56 Å². The minimum atomic E-state index is -1.45. The predicted octanol–water partition coefficient (Wildman–Crippen LogP) is 0.329. The number of non-ortho nitro benzene ring substituents is 1. The zero-order valence-corrected chi connectivity index (χ0v) is 9.78. The molecule has 1 heterocycles. The molecule has 1 aromatic carbocycles. The highest BCUT2D eigenvalue weighted by Gasteiger charge is 2.24. The van der Waals surface area contributed by atoms with E-state index in [1.54, 1.807) is 0 Å². The van der Waals surface area contributed by atoms with Crippen LogP contribution in [0.4, 0.5) is 11.4 Å². The summed E-state index contributed by atoms with van der Waals surface area (Å²) in [7, 11) is 0. The van der Waals surface area contributed by atoms with Gasteiger partial charge >= 0.3 is 0 Å². The fourth-order valence-corrected chi connectivity index (χ4v) is 1.51. The van der Waals surface area contributed by atoms with Gasteiger partial charge in [-0.05, 0) is 6.07 Å². The molecule has 11 heteroatoms. The average molecular weight is 280 g/mol. The van der Waals surface area contributed by atoms with Gasteiger partial charge < -0.3 is 5.11 Å². The molecule has 0 radical (unpaired) electrons. The lowest BCUT2D eigenvalue weighted by Crippen LogP contribution is -2.20. The molecule has 0 aliphatic rings. The fraction of sp³-hybridized carbons (Fsp3) is 0.111. The van der Waals surface area contributed by atoms with E-state index in [0.717, 1.165) is 18.2 Å². The second-order valence-corrected chi connectivity index (χ2v) is 3.66. The summed E-state index contributed by atoms with van der Waals surface area (Å²) in [6, 6.07) is 2.96. The number of nitrogens with zero attached hydrogens (tertiary/aromatic N) is 5. The van der Waals surface area contributed by atoms with Gasteiger partial charge in [-0.25, -0.2) is 4.68 Å². The molecule has 1 unspecified atom stereocenters. The van der Waals surface area contributed by atoms with Crippen molar-refractivity contribution in [1.82, 2.24) is 14.9 Å². The number of aliphatic hydroxyl groups is 1. The number of aliphatic hydroxyl groups excluding tert-OH is 1. The summed E-state index contributed by atoms with van der Waals surface area (Å²) < 4.78 is 1.19. The van der Waals surface area contributed by atoms with Crippen LogP contribution in [-0.2, 0) is 0 Å². The number of nitrogens with one attached hydrogen (secondary N) is 1. The number of benzene rings is 1. The molecule has 104 valence electrons. The normalized spacial score (nSPS) is 11.8. The number of hydrogen-bond donors (Lipinski definition) is 2. The van der Waals surface area contributed by atoms with Crippen LogP contribution in [-0.4, -0.2) is 29.8 Å². The van der Waals surface area contributed by atoms with Crippen LogP contribution < -0.4 is 5.43 Å². The highest BCUT2D eigenvalue weighted by atomic mass is 16.6. The summed E-state index contributed by atoms with van der Waals surface area (Å²) in [6.07, 6.45) is 1.02.